The Morgan fingerprint density at radius 2 is 1.35 bits per heavy atom. The van der Waals surface area contributed by atoms with Gasteiger partial charge in [0, 0.05) is 12.5 Å². The van der Waals surface area contributed by atoms with Crippen LogP contribution in [0.15, 0.2) is 63.8 Å². The molecule has 5 nitrogen and oxygen atoms in total. The number of carbonyl (C=O) groups is 1. The SMILES string of the molecule is N#Cc1cc(=O)c2cccc(NC(=O)CCCCCCCCCCCCCCCc3ccccc3)c2o1. The summed E-state index contributed by atoms with van der Waals surface area (Å²) in [4.78, 5) is 24.5. The van der Waals surface area contributed by atoms with Gasteiger partial charge in [0.05, 0.1) is 11.1 Å². The van der Waals surface area contributed by atoms with Crippen molar-refractivity contribution >= 4 is 22.6 Å². The van der Waals surface area contributed by atoms with Crippen molar-refractivity contribution in [2.75, 3.05) is 5.32 Å². The maximum Gasteiger partial charge on any atom is 0.224 e. The fourth-order valence-electron chi connectivity index (χ4n) is 4.75. The van der Waals surface area contributed by atoms with Crippen LogP contribution in [0.25, 0.3) is 11.0 Å². The topological polar surface area (TPSA) is 83.1 Å². The first-order chi connectivity index (χ1) is 18.2. The standard InChI is InChI=1S/C32H40N2O3/c33-25-27-24-30(35)28-21-17-22-29(32(28)37-27)34-31(36)23-16-11-9-7-5-3-1-2-4-6-8-10-13-18-26-19-14-12-15-20-26/h12,14-15,17,19-22,24H,1-11,13,16,18,23H2,(H,34,36). The molecular weight excluding hydrogens is 460 g/mol. The van der Waals surface area contributed by atoms with Crippen molar-refractivity contribution < 1.29 is 9.21 Å². The number of aryl methyl sites for hydroxylation is 1. The summed E-state index contributed by atoms with van der Waals surface area (Å²) < 4.78 is 5.49. The molecule has 2 aromatic carbocycles. The number of carbonyl (C=O) groups excluding carboxylic acids is 1. The first-order valence-electron chi connectivity index (χ1n) is 14.0. The van der Waals surface area contributed by atoms with Crippen LogP contribution in [0.4, 0.5) is 5.69 Å². The van der Waals surface area contributed by atoms with Gasteiger partial charge in [0.2, 0.25) is 11.7 Å². The van der Waals surface area contributed by atoms with Crippen molar-refractivity contribution in [2.45, 2.75) is 96.3 Å². The molecule has 0 radical (unpaired) electrons. The van der Waals surface area contributed by atoms with E-state index < -0.39 is 0 Å². The average molecular weight is 501 g/mol. The Hall–Kier alpha value is -3.39. The zero-order chi connectivity index (χ0) is 26.1. The predicted octanol–water partition coefficient (Wildman–Crippen LogP) is 8.31. The van der Waals surface area contributed by atoms with Gasteiger partial charge in [0.1, 0.15) is 6.07 Å². The molecule has 3 aromatic rings. The second kappa shape index (κ2) is 16.4. The van der Waals surface area contributed by atoms with E-state index in [1.165, 1.54) is 82.3 Å². The summed E-state index contributed by atoms with van der Waals surface area (Å²) in [7, 11) is 0. The molecule has 0 aliphatic rings. The lowest BCUT2D eigenvalue weighted by atomic mass is 10.0. The minimum Gasteiger partial charge on any atom is -0.443 e. The first-order valence-corrected chi connectivity index (χ1v) is 14.0. The third kappa shape index (κ3) is 10.2. The number of fused-ring (bicyclic) bond motifs is 1. The highest BCUT2D eigenvalue weighted by atomic mass is 16.3. The summed E-state index contributed by atoms with van der Waals surface area (Å²) in [6.07, 6.45) is 17.9. The van der Waals surface area contributed by atoms with Gasteiger partial charge in [-0.05, 0) is 37.0 Å². The molecule has 1 aromatic heterocycles. The average Bonchev–Trinajstić information content (AvgIpc) is 2.91. The molecule has 1 amide bonds. The Kier molecular flexibility index (Phi) is 12.5. The Labute approximate surface area is 220 Å². The maximum atomic E-state index is 12.4. The number of nitriles is 1. The van der Waals surface area contributed by atoms with Gasteiger partial charge in [0.15, 0.2) is 11.0 Å². The van der Waals surface area contributed by atoms with Gasteiger partial charge in [-0.25, -0.2) is 0 Å². The molecule has 0 spiro atoms. The molecule has 1 heterocycles. The molecular formula is C32H40N2O3. The predicted molar refractivity (Wildman–Crippen MR) is 151 cm³/mol. The lowest BCUT2D eigenvalue weighted by Gasteiger charge is -2.08. The summed E-state index contributed by atoms with van der Waals surface area (Å²) >= 11 is 0. The number of para-hydroxylation sites is 1. The Morgan fingerprint density at radius 1 is 0.757 bits per heavy atom. The van der Waals surface area contributed by atoms with Crippen LogP contribution >= 0.6 is 0 Å². The summed E-state index contributed by atoms with van der Waals surface area (Å²) in [5, 5.41) is 12.2. The van der Waals surface area contributed by atoms with Crippen LogP contribution in [-0.4, -0.2) is 5.91 Å². The van der Waals surface area contributed by atoms with E-state index in [2.05, 4.69) is 35.6 Å². The smallest absolute Gasteiger partial charge is 0.224 e. The molecule has 3 rings (SSSR count). The van der Waals surface area contributed by atoms with E-state index in [-0.39, 0.29) is 22.7 Å². The normalized spacial score (nSPS) is 10.9. The molecule has 1 N–H and O–H groups in total. The summed E-state index contributed by atoms with van der Waals surface area (Å²) in [5.41, 5.74) is 1.86. The van der Waals surface area contributed by atoms with Crippen LogP contribution in [-0.2, 0) is 11.2 Å². The van der Waals surface area contributed by atoms with Crippen LogP contribution < -0.4 is 10.7 Å². The molecule has 0 fully saturated rings. The van der Waals surface area contributed by atoms with E-state index in [9.17, 15) is 9.59 Å². The van der Waals surface area contributed by atoms with Gasteiger partial charge in [-0.3, -0.25) is 9.59 Å². The third-order valence-corrected chi connectivity index (χ3v) is 6.85. The van der Waals surface area contributed by atoms with Crippen LogP contribution in [0.5, 0.6) is 0 Å². The van der Waals surface area contributed by atoms with Gasteiger partial charge in [0.25, 0.3) is 0 Å². The second-order valence-electron chi connectivity index (χ2n) is 9.90. The number of anilines is 1. The molecule has 0 unspecified atom stereocenters. The number of rotatable bonds is 17. The van der Waals surface area contributed by atoms with Crippen LogP contribution in [0.3, 0.4) is 0 Å². The number of hydrogen-bond acceptors (Lipinski definition) is 4. The van der Waals surface area contributed by atoms with E-state index in [0.29, 0.717) is 17.5 Å². The fourth-order valence-corrected chi connectivity index (χ4v) is 4.75. The highest BCUT2D eigenvalue weighted by molar-refractivity contribution is 5.99. The van der Waals surface area contributed by atoms with Gasteiger partial charge in [-0.1, -0.05) is 107 Å². The minimum absolute atomic E-state index is 0.0614. The number of unbranched alkanes of at least 4 members (excludes halogenated alkanes) is 12. The second-order valence-corrected chi connectivity index (χ2v) is 9.90. The first kappa shape index (κ1) is 28.2. The van der Waals surface area contributed by atoms with E-state index >= 15 is 0 Å². The van der Waals surface area contributed by atoms with Crippen LogP contribution in [0.2, 0.25) is 0 Å². The largest absolute Gasteiger partial charge is 0.443 e. The molecule has 0 atom stereocenters. The van der Waals surface area contributed by atoms with Crippen molar-refractivity contribution in [3.05, 3.63) is 76.1 Å². The quantitative estimate of drug-likeness (QED) is 0.189. The monoisotopic (exact) mass is 500 g/mol. The zero-order valence-corrected chi connectivity index (χ0v) is 22.0. The van der Waals surface area contributed by atoms with Crippen molar-refractivity contribution in [1.29, 1.82) is 5.26 Å². The maximum absolute atomic E-state index is 12.4. The highest BCUT2D eigenvalue weighted by Gasteiger charge is 2.11. The molecule has 0 saturated carbocycles. The number of benzene rings is 2. The fraction of sp³-hybridized carbons (Fsp3) is 0.469. The van der Waals surface area contributed by atoms with E-state index in [0.717, 1.165) is 19.3 Å². The van der Waals surface area contributed by atoms with Crippen LogP contribution in [0.1, 0.15) is 101 Å². The lowest BCUT2D eigenvalue weighted by Crippen LogP contribution is -2.12. The van der Waals surface area contributed by atoms with E-state index in [4.69, 9.17) is 9.68 Å². The number of nitrogens with zero attached hydrogens (tertiary/aromatic N) is 1. The van der Waals surface area contributed by atoms with Crippen molar-refractivity contribution in [2.24, 2.45) is 0 Å². The van der Waals surface area contributed by atoms with Crippen molar-refractivity contribution in [1.82, 2.24) is 0 Å². The molecule has 5 heteroatoms. The minimum atomic E-state index is -0.288. The zero-order valence-electron chi connectivity index (χ0n) is 22.0. The Morgan fingerprint density at radius 3 is 1.97 bits per heavy atom. The molecule has 0 aliphatic heterocycles. The Bertz CT molecular complexity index is 1190. The van der Waals surface area contributed by atoms with Crippen molar-refractivity contribution in [3.8, 4) is 6.07 Å². The van der Waals surface area contributed by atoms with Gasteiger partial charge in [-0.15, -0.1) is 0 Å². The Balaban J connectivity index is 1.16. The number of hydrogen-bond donors (Lipinski definition) is 1. The van der Waals surface area contributed by atoms with Gasteiger partial charge >= 0.3 is 0 Å². The summed E-state index contributed by atoms with van der Waals surface area (Å²) in [6, 6.07) is 18.8. The molecule has 196 valence electrons. The van der Waals surface area contributed by atoms with E-state index in [1.54, 1.807) is 18.2 Å². The van der Waals surface area contributed by atoms with E-state index in [1.807, 2.05) is 6.07 Å². The van der Waals surface area contributed by atoms with Gasteiger partial charge < -0.3 is 9.73 Å². The third-order valence-electron chi connectivity index (χ3n) is 6.85. The highest BCUT2D eigenvalue weighted by Crippen LogP contribution is 2.22. The molecule has 0 bridgehead atoms. The molecule has 0 saturated heterocycles. The lowest BCUT2D eigenvalue weighted by molar-refractivity contribution is -0.116. The van der Waals surface area contributed by atoms with Crippen molar-refractivity contribution in [3.63, 3.8) is 0 Å². The van der Waals surface area contributed by atoms with Gasteiger partial charge in [-0.2, -0.15) is 5.26 Å². The molecule has 37 heavy (non-hydrogen) atoms. The van der Waals surface area contributed by atoms with Crippen LogP contribution in [0, 0.1) is 11.3 Å². The number of amides is 1. The summed E-state index contributed by atoms with van der Waals surface area (Å²) in [6.45, 7) is 0. The number of nitrogens with one attached hydrogen (secondary N) is 1. The molecule has 0 aliphatic carbocycles. The summed E-state index contributed by atoms with van der Waals surface area (Å²) in [5.74, 6) is -0.161.